The predicted octanol–water partition coefficient (Wildman–Crippen LogP) is 5.45. The van der Waals surface area contributed by atoms with Gasteiger partial charge in [0.15, 0.2) is 0 Å². The van der Waals surface area contributed by atoms with E-state index in [1.54, 1.807) is 30.3 Å². The minimum Gasteiger partial charge on any atom is -0.463 e. The highest BCUT2D eigenvalue weighted by molar-refractivity contribution is 7.89. The number of aromatic nitrogens is 2. The van der Waals surface area contributed by atoms with Gasteiger partial charge in [-0.1, -0.05) is 90.0 Å². The highest BCUT2D eigenvalue weighted by atomic mass is 32.2. The van der Waals surface area contributed by atoms with Crippen molar-refractivity contribution in [2.75, 3.05) is 6.54 Å². The second-order valence-electron chi connectivity index (χ2n) is 10.1. The number of aryl methyl sites for hydroxylation is 2. The topological polar surface area (TPSA) is 106 Å². The van der Waals surface area contributed by atoms with Crippen LogP contribution in [0.4, 0.5) is 4.79 Å². The molecule has 0 saturated heterocycles. The molecule has 0 radical (unpaired) electrons. The van der Waals surface area contributed by atoms with Crippen LogP contribution in [0.1, 0.15) is 28.3 Å². The van der Waals surface area contributed by atoms with Crippen molar-refractivity contribution in [3.8, 4) is 0 Å². The number of benzene rings is 4. The van der Waals surface area contributed by atoms with Gasteiger partial charge in [0.05, 0.1) is 28.5 Å². The summed E-state index contributed by atoms with van der Waals surface area (Å²) >= 11 is 0. The number of carbonyl (C=O) groups is 1. The molecule has 1 unspecified atom stereocenters. The molecule has 8 nitrogen and oxygen atoms in total. The average molecular weight is 569 g/mol. The van der Waals surface area contributed by atoms with Gasteiger partial charge in [0.1, 0.15) is 0 Å². The zero-order valence-electron chi connectivity index (χ0n) is 22.9. The number of hydrogen-bond donors (Lipinski definition) is 2. The van der Waals surface area contributed by atoms with Gasteiger partial charge in [0.2, 0.25) is 15.6 Å². The lowest BCUT2D eigenvalue weighted by atomic mass is 10.0. The van der Waals surface area contributed by atoms with Crippen LogP contribution < -0.4 is 10.3 Å². The van der Waals surface area contributed by atoms with Crippen molar-refractivity contribution in [1.82, 2.24) is 13.9 Å². The van der Waals surface area contributed by atoms with E-state index in [1.807, 2.05) is 95.8 Å². The number of imidazole rings is 1. The summed E-state index contributed by atoms with van der Waals surface area (Å²) in [6.07, 6.45) is -0.881. The van der Waals surface area contributed by atoms with E-state index in [4.69, 9.17) is 0 Å². The number of rotatable bonds is 9. The first-order valence-corrected chi connectivity index (χ1v) is 14.8. The molecule has 1 atom stereocenters. The van der Waals surface area contributed by atoms with Gasteiger partial charge in [-0.3, -0.25) is 0 Å². The normalized spacial score (nSPS) is 13.0. The third kappa shape index (κ3) is 6.48. The van der Waals surface area contributed by atoms with Crippen molar-refractivity contribution >= 4 is 27.1 Å². The lowest BCUT2D eigenvalue weighted by Crippen LogP contribution is -2.37. The highest BCUT2D eigenvalue weighted by Crippen LogP contribution is 2.23. The van der Waals surface area contributed by atoms with Gasteiger partial charge in [-0.25, -0.2) is 17.9 Å². The molecule has 0 fully saturated rings. The van der Waals surface area contributed by atoms with Crippen LogP contribution in [-0.2, 0) is 23.0 Å². The van der Waals surface area contributed by atoms with Gasteiger partial charge in [-0.15, -0.1) is 4.99 Å². The summed E-state index contributed by atoms with van der Waals surface area (Å²) < 4.78 is 32.9. The number of nitrogens with zero attached hydrogens (tertiary/aromatic N) is 3. The van der Waals surface area contributed by atoms with Crippen LogP contribution in [0, 0.1) is 13.8 Å². The maximum atomic E-state index is 13.2. The van der Waals surface area contributed by atoms with Crippen LogP contribution in [0.3, 0.4) is 0 Å². The number of sulfonamides is 1. The van der Waals surface area contributed by atoms with Crippen molar-refractivity contribution < 1.29 is 18.3 Å². The van der Waals surface area contributed by atoms with E-state index >= 15 is 0 Å². The monoisotopic (exact) mass is 568 g/mol. The zero-order valence-corrected chi connectivity index (χ0v) is 23.8. The minimum atomic E-state index is -3.81. The molecule has 1 heterocycles. The van der Waals surface area contributed by atoms with Gasteiger partial charge in [0, 0.05) is 6.54 Å². The van der Waals surface area contributed by atoms with Crippen LogP contribution in [-0.4, -0.2) is 35.3 Å². The molecular formula is C32H32N4O4S. The third-order valence-electron chi connectivity index (χ3n) is 7.07. The molecule has 2 N–H and O–H groups in total. The molecule has 1 amide bonds. The van der Waals surface area contributed by atoms with Gasteiger partial charge in [-0.2, -0.15) is 0 Å². The molecule has 4 aromatic carbocycles. The van der Waals surface area contributed by atoms with E-state index in [2.05, 4.69) is 9.71 Å². The summed E-state index contributed by atoms with van der Waals surface area (Å²) in [5.74, 6) is 0. The fourth-order valence-electron chi connectivity index (χ4n) is 4.97. The first-order valence-electron chi connectivity index (χ1n) is 13.3. The quantitative estimate of drug-likeness (QED) is 0.247. The van der Waals surface area contributed by atoms with E-state index in [-0.39, 0.29) is 17.1 Å². The first-order chi connectivity index (χ1) is 19.7. The Kier molecular flexibility index (Phi) is 8.19. The van der Waals surface area contributed by atoms with Gasteiger partial charge < -0.3 is 14.2 Å². The Morgan fingerprint density at radius 1 is 0.805 bits per heavy atom. The van der Waals surface area contributed by atoms with E-state index in [0.29, 0.717) is 13.0 Å². The van der Waals surface area contributed by atoms with E-state index in [9.17, 15) is 18.3 Å². The Labute approximate surface area is 239 Å². The lowest BCUT2D eigenvalue weighted by Gasteiger charge is -2.21. The van der Waals surface area contributed by atoms with Crippen LogP contribution in [0.25, 0.3) is 11.0 Å². The summed E-state index contributed by atoms with van der Waals surface area (Å²) in [5, 5.41) is 9.85. The standard InChI is InChI=1S/C32H32N4O4S/c1-23-12-16-25(17-13-23)20-27(21-33-41(39,40)28-8-4-3-5-9-28)36-30-11-7-6-10-29(30)35(31(36)34-32(37)38)22-26-18-14-24(2)15-19-26/h3-19,27,33H,20-22H2,1-2H3,(H,37,38)/b34-31-. The Bertz CT molecular complexity index is 1840. The molecule has 5 aromatic rings. The summed E-state index contributed by atoms with van der Waals surface area (Å²) in [5.41, 5.74) is 6.01. The number of fused-ring (bicyclic) bond motifs is 1. The molecule has 1 aromatic heterocycles. The fourth-order valence-corrected chi connectivity index (χ4v) is 6.07. The van der Waals surface area contributed by atoms with Crippen LogP contribution >= 0.6 is 0 Å². The summed E-state index contributed by atoms with van der Waals surface area (Å²) in [4.78, 5) is 16.3. The summed E-state index contributed by atoms with van der Waals surface area (Å²) in [6, 6.07) is 31.4. The Hall–Kier alpha value is -4.47. The second kappa shape index (κ2) is 12.0. The van der Waals surface area contributed by atoms with Gasteiger partial charge in [0.25, 0.3) is 0 Å². The largest absolute Gasteiger partial charge is 0.463 e. The van der Waals surface area contributed by atoms with E-state index < -0.39 is 22.2 Å². The van der Waals surface area contributed by atoms with E-state index in [1.165, 1.54) is 0 Å². The van der Waals surface area contributed by atoms with Crippen molar-refractivity contribution in [2.45, 2.75) is 37.8 Å². The number of para-hydroxylation sites is 2. The molecule has 0 bridgehead atoms. The minimum absolute atomic E-state index is 0.0243. The summed E-state index contributed by atoms with van der Waals surface area (Å²) in [6.45, 7) is 4.44. The highest BCUT2D eigenvalue weighted by Gasteiger charge is 2.23. The molecular weight excluding hydrogens is 536 g/mol. The number of amides is 1. The molecule has 0 aliphatic carbocycles. The maximum Gasteiger partial charge on any atom is 0.434 e. The van der Waals surface area contributed by atoms with Crippen molar-refractivity contribution in [3.05, 3.63) is 131 Å². The molecule has 41 heavy (non-hydrogen) atoms. The van der Waals surface area contributed by atoms with Crippen LogP contribution in [0.2, 0.25) is 0 Å². The van der Waals surface area contributed by atoms with Gasteiger partial charge in [-0.05, 0) is 55.7 Å². The van der Waals surface area contributed by atoms with Crippen molar-refractivity contribution in [3.63, 3.8) is 0 Å². The summed E-state index contributed by atoms with van der Waals surface area (Å²) in [7, 11) is -3.81. The molecule has 210 valence electrons. The number of carboxylic acid groups (broad SMARTS) is 1. The Morgan fingerprint density at radius 2 is 1.37 bits per heavy atom. The lowest BCUT2D eigenvalue weighted by molar-refractivity contribution is 0.204. The molecule has 0 saturated carbocycles. The van der Waals surface area contributed by atoms with E-state index in [0.717, 1.165) is 33.3 Å². The van der Waals surface area contributed by atoms with Crippen molar-refractivity contribution in [2.24, 2.45) is 4.99 Å². The van der Waals surface area contributed by atoms with Crippen LogP contribution in [0.5, 0.6) is 0 Å². The molecule has 9 heteroatoms. The Balaban J connectivity index is 1.66. The maximum absolute atomic E-state index is 13.2. The average Bonchev–Trinajstić information content (AvgIpc) is 3.25. The second-order valence-corrected chi connectivity index (χ2v) is 11.9. The predicted molar refractivity (Wildman–Crippen MR) is 159 cm³/mol. The molecule has 5 rings (SSSR count). The first kappa shape index (κ1) is 28.1. The number of hydrogen-bond acceptors (Lipinski definition) is 3. The SMILES string of the molecule is Cc1ccc(CC(CNS(=O)(=O)c2ccccc2)n2/c(=N\C(=O)O)n(Cc3ccc(C)cc3)c3ccccc32)cc1. The zero-order chi connectivity index (χ0) is 29.0. The third-order valence-corrected chi connectivity index (χ3v) is 8.50. The molecule has 0 aliphatic heterocycles. The van der Waals surface area contributed by atoms with Gasteiger partial charge >= 0.3 is 6.09 Å². The van der Waals surface area contributed by atoms with Crippen molar-refractivity contribution in [1.29, 1.82) is 0 Å². The Morgan fingerprint density at radius 3 is 1.98 bits per heavy atom. The molecule has 0 spiro atoms. The fraction of sp³-hybridized carbons (Fsp3) is 0.188. The number of nitrogens with one attached hydrogen (secondary N) is 1. The van der Waals surface area contributed by atoms with Crippen LogP contribution in [0.15, 0.2) is 113 Å². The molecule has 0 aliphatic rings. The smallest absolute Gasteiger partial charge is 0.434 e.